The lowest BCUT2D eigenvalue weighted by atomic mass is 10.1. The number of benzene rings is 2. The number of anilines is 2. The molecule has 2 aromatic carbocycles. The normalized spacial score (nSPS) is 15.9. The molecule has 1 amide bonds. The Morgan fingerprint density at radius 3 is 2.68 bits per heavy atom. The van der Waals surface area contributed by atoms with Gasteiger partial charge in [0, 0.05) is 17.8 Å². The monoisotopic (exact) mass is 396 g/mol. The molecule has 4 rings (SSSR count). The molecule has 1 saturated heterocycles. The van der Waals surface area contributed by atoms with E-state index in [1.807, 2.05) is 30.3 Å². The Hall–Kier alpha value is -3.13. The number of rotatable bonds is 4. The highest BCUT2D eigenvalue weighted by atomic mass is 32.2. The number of nitrogens with one attached hydrogen (secondary N) is 2. The van der Waals surface area contributed by atoms with Crippen molar-refractivity contribution in [2.24, 2.45) is 0 Å². The smallest absolute Gasteiger partial charge is 0.259 e. The Bertz CT molecular complexity index is 1090. The van der Waals surface area contributed by atoms with Crippen LogP contribution in [0.15, 0.2) is 60.8 Å². The number of aromatic amines is 1. The van der Waals surface area contributed by atoms with E-state index in [0.29, 0.717) is 35.6 Å². The van der Waals surface area contributed by atoms with Crippen molar-refractivity contribution in [1.82, 2.24) is 10.2 Å². The van der Waals surface area contributed by atoms with Crippen LogP contribution in [0.1, 0.15) is 23.2 Å². The van der Waals surface area contributed by atoms with Crippen molar-refractivity contribution in [3.05, 3.63) is 66.4 Å². The van der Waals surface area contributed by atoms with Crippen LogP contribution in [0.3, 0.4) is 0 Å². The summed E-state index contributed by atoms with van der Waals surface area (Å²) in [5, 5.41) is 9.70. The third-order valence-electron chi connectivity index (χ3n) is 4.69. The number of hydrogen-bond donors (Lipinski definition) is 2. The summed E-state index contributed by atoms with van der Waals surface area (Å²) >= 11 is 0. The molecule has 2 heterocycles. The fraction of sp³-hybridized carbons (Fsp3) is 0.200. The first-order chi connectivity index (χ1) is 13.5. The molecule has 0 bridgehead atoms. The average molecular weight is 396 g/mol. The Morgan fingerprint density at radius 2 is 1.89 bits per heavy atom. The van der Waals surface area contributed by atoms with Crippen LogP contribution in [-0.2, 0) is 10.0 Å². The largest absolute Gasteiger partial charge is 0.322 e. The Labute approximate surface area is 163 Å². The molecule has 1 aromatic heterocycles. The van der Waals surface area contributed by atoms with Crippen molar-refractivity contribution in [3.63, 3.8) is 0 Å². The second-order valence-electron chi connectivity index (χ2n) is 6.62. The van der Waals surface area contributed by atoms with Crippen molar-refractivity contribution in [2.45, 2.75) is 12.8 Å². The molecule has 0 atom stereocenters. The number of hydrogen-bond acceptors (Lipinski definition) is 4. The predicted octanol–water partition coefficient (Wildman–Crippen LogP) is 3.26. The van der Waals surface area contributed by atoms with Crippen LogP contribution in [0, 0.1) is 0 Å². The quantitative estimate of drug-likeness (QED) is 0.708. The minimum absolute atomic E-state index is 0.152. The highest BCUT2D eigenvalue weighted by Crippen LogP contribution is 2.27. The number of carbonyl (C=O) groups is 1. The van der Waals surface area contributed by atoms with E-state index in [4.69, 9.17) is 0 Å². The summed E-state index contributed by atoms with van der Waals surface area (Å²) in [6, 6.07) is 16.4. The number of carbonyl (C=O) groups excluding carboxylic acids is 1. The SMILES string of the molecule is O=C(Nc1cccc(N2CCCCS2(=O)=O)c1)c1cn[nH]c1-c1ccccc1. The molecule has 1 aliphatic heterocycles. The van der Waals surface area contributed by atoms with Gasteiger partial charge < -0.3 is 5.32 Å². The van der Waals surface area contributed by atoms with Gasteiger partial charge in [0.1, 0.15) is 0 Å². The molecule has 7 nitrogen and oxygen atoms in total. The highest BCUT2D eigenvalue weighted by molar-refractivity contribution is 7.92. The van der Waals surface area contributed by atoms with Gasteiger partial charge in [-0.25, -0.2) is 8.42 Å². The maximum absolute atomic E-state index is 12.8. The van der Waals surface area contributed by atoms with Crippen LogP contribution in [0.25, 0.3) is 11.3 Å². The highest BCUT2D eigenvalue weighted by Gasteiger charge is 2.26. The standard InChI is InChI=1S/C20H20N4O3S/c25-20(18-14-21-23-19(18)15-7-2-1-3-8-15)22-16-9-6-10-17(13-16)24-11-4-5-12-28(24,26)27/h1-3,6-10,13-14H,4-5,11-12H2,(H,21,23)(H,22,25). The molecular formula is C20H20N4O3S. The van der Waals surface area contributed by atoms with E-state index in [2.05, 4.69) is 15.5 Å². The number of nitrogens with zero attached hydrogens (tertiary/aromatic N) is 2. The molecule has 2 N–H and O–H groups in total. The van der Waals surface area contributed by atoms with Crippen molar-refractivity contribution in [1.29, 1.82) is 0 Å². The number of H-pyrrole nitrogens is 1. The zero-order chi connectivity index (χ0) is 19.6. The fourth-order valence-electron chi connectivity index (χ4n) is 3.30. The Balaban J connectivity index is 1.58. The van der Waals surface area contributed by atoms with E-state index in [1.165, 1.54) is 10.5 Å². The summed E-state index contributed by atoms with van der Waals surface area (Å²) < 4.78 is 26.1. The van der Waals surface area contributed by atoms with Crippen LogP contribution >= 0.6 is 0 Å². The van der Waals surface area contributed by atoms with Crippen LogP contribution in [0.5, 0.6) is 0 Å². The van der Waals surface area contributed by atoms with Crippen LogP contribution in [0.2, 0.25) is 0 Å². The zero-order valence-corrected chi connectivity index (χ0v) is 15.9. The number of aromatic nitrogens is 2. The minimum atomic E-state index is -3.30. The molecule has 0 radical (unpaired) electrons. The first-order valence-electron chi connectivity index (χ1n) is 9.05. The summed E-state index contributed by atoms with van der Waals surface area (Å²) in [5.74, 6) is -0.162. The van der Waals surface area contributed by atoms with Gasteiger partial charge in [0.15, 0.2) is 0 Å². The zero-order valence-electron chi connectivity index (χ0n) is 15.1. The lowest BCUT2D eigenvalue weighted by molar-refractivity contribution is 0.102. The minimum Gasteiger partial charge on any atom is -0.322 e. The Morgan fingerprint density at radius 1 is 1.07 bits per heavy atom. The van der Waals surface area contributed by atoms with E-state index < -0.39 is 10.0 Å². The average Bonchev–Trinajstić information content (AvgIpc) is 3.18. The molecule has 28 heavy (non-hydrogen) atoms. The van der Waals surface area contributed by atoms with Gasteiger partial charge in [0.05, 0.1) is 28.9 Å². The molecule has 144 valence electrons. The lowest BCUT2D eigenvalue weighted by Gasteiger charge is -2.28. The molecule has 3 aromatic rings. The second kappa shape index (κ2) is 7.47. The first-order valence-corrected chi connectivity index (χ1v) is 10.7. The number of amides is 1. The van der Waals surface area contributed by atoms with Gasteiger partial charge in [0.25, 0.3) is 5.91 Å². The molecule has 0 aliphatic carbocycles. The maximum atomic E-state index is 12.8. The van der Waals surface area contributed by atoms with Gasteiger partial charge in [0.2, 0.25) is 10.0 Å². The predicted molar refractivity (Wildman–Crippen MR) is 109 cm³/mol. The first kappa shape index (κ1) is 18.2. The van der Waals surface area contributed by atoms with E-state index in [-0.39, 0.29) is 11.7 Å². The molecule has 1 fully saturated rings. The van der Waals surface area contributed by atoms with Gasteiger partial charge in [-0.1, -0.05) is 36.4 Å². The topological polar surface area (TPSA) is 95.2 Å². The summed E-state index contributed by atoms with van der Waals surface area (Å²) in [5.41, 5.74) is 3.00. The van der Waals surface area contributed by atoms with E-state index in [9.17, 15) is 13.2 Å². The van der Waals surface area contributed by atoms with Crippen molar-refractivity contribution in [2.75, 3.05) is 21.9 Å². The van der Waals surface area contributed by atoms with Crippen LogP contribution in [-0.4, -0.2) is 36.8 Å². The van der Waals surface area contributed by atoms with Gasteiger partial charge in [-0.2, -0.15) is 5.10 Å². The molecule has 0 saturated carbocycles. The van der Waals surface area contributed by atoms with Crippen LogP contribution in [0.4, 0.5) is 11.4 Å². The van der Waals surface area contributed by atoms with Gasteiger partial charge in [-0.3, -0.25) is 14.2 Å². The van der Waals surface area contributed by atoms with E-state index >= 15 is 0 Å². The fourth-order valence-corrected chi connectivity index (χ4v) is 4.93. The summed E-state index contributed by atoms with van der Waals surface area (Å²) in [7, 11) is -3.30. The van der Waals surface area contributed by atoms with Gasteiger partial charge in [-0.15, -0.1) is 0 Å². The summed E-state index contributed by atoms with van der Waals surface area (Å²) in [4.78, 5) is 12.8. The van der Waals surface area contributed by atoms with Crippen molar-refractivity contribution in [3.8, 4) is 11.3 Å². The van der Waals surface area contributed by atoms with Gasteiger partial charge in [-0.05, 0) is 31.0 Å². The van der Waals surface area contributed by atoms with Gasteiger partial charge >= 0.3 is 0 Å². The molecular weight excluding hydrogens is 376 g/mol. The summed E-state index contributed by atoms with van der Waals surface area (Å²) in [6.07, 6.45) is 2.99. The molecule has 8 heteroatoms. The lowest BCUT2D eigenvalue weighted by Crippen LogP contribution is -2.37. The molecule has 0 unspecified atom stereocenters. The summed E-state index contributed by atoms with van der Waals surface area (Å²) in [6.45, 7) is 0.458. The Kier molecular flexibility index (Phi) is 4.87. The molecule has 1 aliphatic rings. The maximum Gasteiger partial charge on any atom is 0.259 e. The number of sulfonamides is 1. The van der Waals surface area contributed by atoms with E-state index in [0.717, 1.165) is 12.0 Å². The van der Waals surface area contributed by atoms with E-state index in [1.54, 1.807) is 24.3 Å². The third-order valence-corrected chi connectivity index (χ3v) is 6.56. The third kappa shape index (κ3) is 3.63. The second-order valence-corrected chi connectivity index (χ2v) is 8.64. The van der Waals surface area contributed by atoms with Crippen molar-refractivity contribution >= 4 is 27.3 Å². The van der Waals surface area contributed by atoms with Crippen LogP contribution < -0.4 is 9.62 Å². The molecule has 0 spiro atoms. The van der Waals surface area contributed by atoms with Crippen molar-refractivity contribution < 1.29 is 13.2 Å².